The van der Waals surface area contributed by atoms with Crippen LogP contribution in [0.1, 0.15) is 26.6 Å². The molecule has 0 saturated heterocycles. The van der Waals surface area contributed by atoms with Gasteiger partial charge in [0.25, 0.3) is 10.0 Å². The molecule has 7 heteroatoms. The Balaban J connectivity index is 1.97. The van der Waals surface area contributed by atoms with Crippen molar-refractivity contribution >= 4 is 26.7 Å². The van der Waals surface area contributed by atoms with Crippen molar-refractivity contribution in [1.29, 1.82) is 0 Å². The molecule has 0 aliphatic carbocycles. The minimum Gasteiger partial charge on any atom is -0.341 e. The van der Waals surface area contributed by atoms with Crippen molar-refractivity contribution in [3.05, 3.63) is 54.1 Å². The van der Waals surface area contributed by atoms with Crippen LogP contribution in [0.3, 0.4) is 0 Å². The Bertz CT molecular complexity index is 1000. The van der Waals surface area contributed by atoms with E-state index in [0.717, 1.165) is 17.4 Å². The van der Waals surface area contributed by atoms with Gasteiger partial charge in [-0.2, -0.15) is 0 Å². The van der Waals surface area contributed by atoms with E-state index < -0.39 is 15.8 Å². The summed E-state index contributed by atoms with van der Waals surface area (Å²) in [6.45, 7) is 6.10. The second-order valence-corrected chi connectivity index (χ2v) is 8.25. The molecule has 0 bridgehead atoms. The predicted octanol–water partition coefficient (Wildman–Crippen LogP) is 3.80. The highest BCUT2D eigenvalue weighted by Crippen LogP contribution is 2.25. The van der Waals surface area contributed by atoms with Crippen LogP contribution in [-0.2, 0) is 15.4 Å². The van der Waals surface area contributed by atoms with Crippen molar-refractivity contribution in [3.63, 3.8) is 0 Å². The summed E-state index contributed by atoms with van der Waals surface area (Å²) in [5, 5.41) is 0. The molecule has 0 fully saturated rings. The van der Waals surface area contributed by atoms with E-state index in [1.54, 1.807) is 18.2 Å². The first-order valence-corrected chi connectivity index (χ1v) is 8.93. The molecular formula is C17H18FN3O2S. The fraction of sp³-hybridized carbons (Fsp3) is 0.235. The zero-order valence-corrected chi connectivity index (χ0v) is 14.4. The van der Waals surface area contributed by atoms with E-state index in [9.17, 15) is 12.8 Å². The molecule has 0 saturated carbocycles. The van der Waals surface area contributed by atoms with E-state index in [1.165, 1.54) is 18.2 Å². The molecule has 0 atom stereocenters. The molecule has 0 aliphatic rings. The van der Waals surface area contributed by atoms with Gasteiger partial charge >= 0.3 is 0 Å². The number of aromatic amines is 1. The first kappa shape index (κ1) is 16.4. The van der Waals surface area contributed by atoms with Crippen molar-refractivity contribution in [1.82, 2.24) is 9.97 Å². The highest BCUT2D eigenvalue weighted by Gasteiger charge is 2.20. The topological polar surface area (TPSA) is 74.8 Å². The number of aromatic nitrogens is 2. The largest absolute Gasteiger partial charge is 0.341 e. The number of benzene rings is 2. The number of rotatable bonds is 3. The second-order valence-electron chi connectivity index (χ2n) is 6.60. The summed E-state index contributed by atoms with van der Waals surface area (Å²) < 4.78 is 40.8. The quantitative estimate of drug-likeness (QED) is 0.757. The Morgan fingerprint density at radius 1 is 1.12 bits per heavy atom. The molecule has 0 radical (unpaired) electrons. The van der Waals surface area contributed by atoms with Crippen LogP contribution in [0.15, 0.2) is 47.4 Å². The van der Waals surface area contributed by atoms with Crippen LogP contribution in [0.5, 0.6) is 0 Å². The Morgan fingerprint density at radius 3 is 2.50 bits per heavy atom. The number of imidazole rings is 1. The van der Waals surface area contributed by atoms with Crippen molar-refractivity contribution in [2.45, 2.75) is 31.1 Å². The van der Waals surface area contributed by atoms with Gasteiger partial charge in [0, 0.05) is 5.41 Å². The zero-order valence-electron chi connectivity index (χ0n) is 13.6. The zero-order chi connectivity index (χ0) is 17.5. The monoisotopic (exact) mass is 347 g/mol. The van der Waals surface area contributed by atoms with Gasteiger partial charge in [-0.15, -0.1) is 0 Å². The summed E-state index contributed by atoms with van der Waals surface area (Å²) in [6.07, 6.45) is 0. The molecule has 0 aliphatic heterocycles. The Morgan fingerprint density at radius 2 is 1.83 bits per heavy atom. The normalized spacial score (nSPS) is 12.5. The Labute approximate surface area is 140 Å². The summed E-state index contributed by atoms with van der Waals surface area (Å²) >= 11 is 0. The lowest BCUT2D eigenvalue weighted by atomic mass is 9.96. The average molecular weight is 347 g/mol. The molecule has 3 aromatic rings. The van der Waals surface area contributed by atoms with E-state index in [1.807, 2.05) is 20.8 Å². The average Bonchev–Trinajstić information content (AvgIpc) is 2.90. The van der Waals surface area contributed by atoms with Crippen LogP contribution in [0.4, 0.5) is 10.1 Å². The molecule has 2 N–H and O–H groups in total. The summed E-state index contributed by atoms with van der Waals surface area (Å²) in [7, 11) is -3.99. The maximum atomic E-state index is 13.7. The predicted molar refractivity (Wildman–Crippen MR) is 92.0 cm³/mol. The first-order valence-electron chi connectivity index (χ1n) is 7.44. The van der Waals surface area contributed by atoms with E-state index >= 15 is 0 Å². The number of sulfonamides is 1. The molecule has 126 valence electrons. The maximum Gasteiger partial charge on any atom is 0.264 e. The van der Waals surface area contributed by atoms with Gasteiger partial charge in [0.1, 0.15) is 16.5 Å². The van der Waals surface area contributed by atoms with Gasteiger partial charge in [-0.1, -0.05) is 32.9 Å². The van der Waals surface area contributed by atoms with E-state index in [2.05, 4.69) is 14.7 Å². The smallest absolute Gasteiger partial charge is 0.264 e. The standard InChI is InChI=1S/C17H18FN3O2S/c1-17(2,3)16-19-13-9-8-11(10-14(13)20-16)21-24(22,23)15-7-5-4-6-12(15)18/h4-10,21H,1-3H3,(H,19,20). The Kier molecular flexibility index (Phi) is 3.83. The molecule has 1 aromatic heterocycles. The van der Waals surface area contributed by atoms with Crippen molar-refractivity contribution in [2.75, 3.05) is 4.72 Å². The molecule has 5 nitrogen and oxygen atoms in total. The lowest BCUT2D eigenvalue weighted by molar-refractivity contribution is 0.554. The third kappa shape index (κ3) is 3.12. The first-order chi connectivity index (χ1) is 11.2. The lowest BCUT2D eigenvalue weighted by Crippen LogP contribution is -2.14. The highest BCUT2D eigenvalue weighted by atomic mass is 32.2. The van der Waals surface area contributed by atoms with Crippen LogP contribution in [-0.4, -0.2) is 18.4 Å². The van der Waals surface area contributed by atoms with E-state index in [4.69, 9.17) is 0 Å². The highest BCUT2D eigenvalue weighted by molar-refractivity contribution is 7.92. The van der Waals surface area contributed by atoms with Crippen LogP contribution in [0.2, 0.25) is 0 Å². The number of anilines is 1. The summed E-state index contributed by atoms with van der Waals surface area (Å²) in [6, 6.07) is 10.2. The SMILES string of the molecule is CC(C)(C)c1nc2ccc(NS(=O)(=O)c3ccccc3F)cc2[nH]1. The van der Waals surface area contributed by atoms with Gasteiger partial charge in [0.2, 0.25) is 0 Å². The second kappa shape index (κ2) is 5.59. The summed E-state index contributed by atoms with van der Waals surface area (Å²) in [4.78, 5) is 7.31. The number of hydrogen-bond donors (Lipinski definition) is 2. The van der Waals surface area contributed by atoms with Crippen LogP contribution in [0.25, 0.3) is 11.0 Å². The van der Waals surface area contributed by atoms with Gasteiger partial charge in [0.15, 0.2) is 0 Å². The van der Waals surface area contributed by atoms with Crippen LogP contribution >= 0.6 is 0 Å². The van der Waals surface area contributed by atoms with Gasteiger partial charge in [-0.3, -0.25) is 4.72 Å². The molecule has 3 rings (SSSR count). The maximum absolute atomic E-state index is 13.7. The van der Waals surface area contributed by atoms with Crippen molar-refractivity contribution in [2.24, 2.45) is 0 Å². The third-order valence-electron chi connectivity index (χ3n) is 3.57. The third-order valence-corrected chi connectivity index (χ3v) is 4.99. The molecule has 0 spiro atoms. The number of hydrogen-bond acceptors (Lipinski definition) is 3. The minimum atomic E-state index is -3.99. The number of fused-ring (bicyclic) bond motifs is 1. The minimum absolute atomic E-state index is 0.147. The summed E-state index contributed by atoms with van der Waals surface area (Å²) in [5.41, 5.74) is 1.66. The summed E-state index contributed by atoms with van der Waals surface area (Å²) in [5.74, 6) is 0.0225. The fourth-order valence-electron chi connectivity index (χ4n) is 2.30. The van der Waals surface area contributed by atoms with Gasteiger partial charge < -0.3 is 4.98 Å². The van der Waals surface area contributed by atoms with E-state index in [0.29, 0.717) is 11.2 Å². The molecule has 1 heterocycles. The molecule has 0 unspecified atom stereocenters. The van der Waals surface area contributed by atoms with Gasteiger partial charge in [-0.05, 0) is 30.3 Å². The number of nitrogens with one attached hydrogen (secondary N) is 2. The number of H-pyrrole nitrogens is 1. The number of halogens is 1. The molecule has 0 amide bonds. The van der Waals surface area contributed by atoms with Gasteiger partial charge in [0.05, 0.1) is 16.7 Å². The Hall–Kier alpha value is -2.41. The van der Waals surface area contributed by atoms with Crippen molar-refractivity contribution in [3.8, 4) is 0 Å². The molecular weight excluding hydrogens is 329 g/mol. The van der Waals surface area contributed by atoms with E-state index in [-0.39, 0.29) is 10.3 Å². The van der Waals surface area contributed by atoms with Crippen LogP contribution < -0.4 is 4.72 Å². The lowest BCUT2D eigenvalue weighted by Gasteiger charge is -2.13. The fourth-order valence-corrected chi connectivity index (χ4v) is 3.43. The molecule has 24 heavy (non-hydrogen) atoms. The van der Waals surface area contributed by atoms with Crippen LogP contribution in [0, 0.1) is 5.82 Å². The molecule has 2 aromatic carbocycles. The van der Waals surface area contributed by atoms with Gasteiger partial charge in [-0.25, -0.2) is 17.8 Å². The van der Waals surface area contributed by atoms with Crippen molar-refractivity contribution < 1.29 is 12.8 Å². The number of nitrogens with zero attached hydrogens (tertiary/aromatic N) is 1.